The van der Waals surface area contributed by atoms with Crippen molar-refractivity contribution in [3.8, 4) is 0 Å². The van der Waals surface area contributed by atoms with E-state index in [1.165, 1.54) is 0 Å². The zero-order valence-corrected chi connectivity index (χ0v) is 8.82. The zero-order valence-electron chi connectivity index (χ0n) is 8.82. The fourth-order valence-electron chi connectivity index (χ4n) is 1.44. The van der Waals surface area contributed by atoms with Crippen molar-refractivity contribution in [3.05, 3.63) is 12.4 Å². The molecule has 1 aromatic heterocycles. The lowest BCUT2D eigenvalue weighted by Gasteiger charge is -2.15. The molecular weight excluding hydrogens is 192 g/mol. The smallest absolute Gasteiger partial charge is 0.147 e. The Morgan fingerprint density at radius 3 is 2.73 bits per heavy atom. The highest BCUT2D eigenvalue weighted by atomic mass is 16.3. The predicted molar refractivity (Wildman–Crippen MR) is 58.9 cm³/mol. The van der Waals surface area contributed by atoms with Gasteiger partial charge in [-0.1, -0.05) is 0 Å². The first-order valence-corrected chi connectivity index (χ1v) is 5.23. The van der Waals surface area contributed by atoms with Crippen molar-refractivity contribution in [2.45, 2.75) is 25.3 Å². The summed E-state index contributed by atoms with van der Waals surface area (Å²) >= 11 is 0. The van der Waals surface area contributed by atoms with E-state index in [2.05, 4.69) is 20.6 Å². The summed E-state index contributed by atoms with van der Waals surface area (Å²) in [7, 11) is 0. The largest absolute Gasteiger partial charge is 0.394 e. The summed E-state index contributed by atoms with van der Waals surface area (Å²) in [5.41, 5.74) is -0.139. The van der Waals surface area contributed by atoms with Crippen LogP contribution in [0.3, 0.4) is 0 Å². The molecule has 0 amide bonds. The van der Waals surface area contributed by atoms with Crippen LogP contribution in [0.1, 0.15) is 19.8 Å². The van der Waals surface area contributed by atoms with Crippen LogP contribution in [0, 0.1) is 0 Å². The van der Waals surface area contributed by atoms with Gasteiger partial charge in [0, 0.05) is 6.54 Å². The maximum Gasteiger partial charge on any atom is 0.147 e. The normalized spacial score (nSPS) is 17.2. The average molecular weight is 208 g/mol. The molecule has 0 atom stereocenters. The van der Waals surface area contributed by atoms with Crippen LogP contribution in [0.25, 0.3) is 0 Å². The average Bonchev–Trinajstić information content (AvgIpc) is 3.00. The van der Waals surface area contributed by atoms with E-state index < -0.39 is 0 Å². The number of aliphatic hydroxyl groups excluding tert-OH is 1. The number of aromatic nitrogens is 2. The second-order valence-electron chi connectivity index (χ2n) is 3.88. The van der Waals surface area contributed by atoms with Crippen molar-refractivity contribution < 1.29 is 5.11 Å². The van der Waals surface area contributed by atoms with Gasteiger partial charge in [-0.25, -0.2) is 4.98 Å². The van der Waals surface area contributed by atoms with Crippen LogP contribution < -0.4 is 10.6 Å². The Balaban J connectivity index is 2.05. The molecule has 0 aromatic carbocycles. The van der Waals surface area contributed by atoms with Crippen molar-refractivity contribution in [3.63, 3.8) is 0 Å². The van der Waals surface area contributed by atoms with Gasteiger partial charge in [0.25, 0.3) is 0 Å². The summed E-state index contributed by atoms with van der Waals surface area (Å²) in [6, 6.07) is 0. The predicted octanol–water partition coefficient (Wildman–Crippen LogP) is 0.845. The van der Waals surface area contributed by atoms with E-state index in [-0.39, 0.29) is 12.1 Å². The third-order valence-corrected chi connectivity index (χ3v) is 2.54. The topological polar surface area (TPSA) is 70.1 Å². The van der Waals surface area contributed by atoms with E-state index in [0.29, 0.717) is 0 Å². The van der Waals surface area contributed by atoms with Crippen LogP contribution in [-0.2, 0) is 0 Å². The van der Waals surface area contributed by atoms with Crippen molar-refractivity contribution in [2.75, 3.05) is 23.8 Å². The lowest BCUT2D eigenvalue weighted by atomic mass is 10.3. The summed E-state index contributed by atoms with van der Waals surface area (Å²) < 4.78 is 0. The molecule has 5 nitrogen and oxygen atoms in total. The lowest BCUT2D eigenvalue weighted by Crippen LogP contribution is -2.26. The molecule has 0 saturated heterocycles. The summed E-state index contributed by atoms with van der Waals surface area (Å²) in [6.45, 7) is 2.99. The minimum atomic E-state index is -0.139. The maximum atomic E-state index is 9.16. The summed E-state index contributed by atoms with van der Waals surface area (Å²) in [6.07, 6.45) is 5.36. The monoisotopic (exact) mass is 208 g/mol. The molecule has 0 aliphatic heterocycles. The van der Waals surface area contributed by atoms with Crippen LogP contribution in [0.15, 0.2) is 12.4 Å². The van der Waals surface area contributed by atoms with Crippen molar-refractivity contribution in [1.29, 1.82) is 0 Å². The van der Waals surface area contributed by atoms with Gasteiger partial charge in [0.2, 0.25) is 0 Å². The van der Waals surface area contributed by atoms with Gasteiger partial charge in [0.05, 0.1) is 24.5 Å². The summed E-state index contributed by atoms with van der Waals surface area (Å²) in [4.78, 5) is 8.42. The first-order chi connectivity index (χ1) is 7.28. The van der Waals surface area contributed by atoms with E-state index in [1.54, 1.807) is 12.4 Å². The van der Waals surface area contributed by atoms with Gasteiger partial charge in [0.15, 0.2) is 0 Å². The van der Waals surface area contributed by atoms with Gasteiger partial charge >= 0.3 is 0 Å². The van der Waals surface area contributed by atoms with Gasteiger partial charge in [0.1, 0.15) is 11.6 Å². The molecule has 1 heterocycles. The molecule has 82 valence electrons. The Bertz CT molecular complexity index is 338. The molecule has 1 aliphatic carbocycles. The molecule has 3 N–H and O–H groups in total. The third-order valence-electron chi connectivity index (χ3n) is 2.54. The van der Waals surface area contributed by atoms with Crippen LogP contribution in [0.4, 0.5) is 11.6 Å². The highest BCUT2D eigenvalue weighted by Gasteiger charge is 2.42. The lowest BCUT2D eigenvalue weighted by molar-refractivity contribution is 0.266. The molecule has 0 radical (unpaired) electrons. The number of aliphatic hydroxyl groups is 1. The zero-order chi connectivity index (χ0) is 10.7. The standard InChI is InChI=1S/C10H16N4O/c1-2-12-8-5-11-6-9(13-8)14-10(7-15)3-4-10/h5-6,15H,2-4,7H2,1H3,(H2,12,13,14). The first kappa shape index (κ1) is 10.2. The molecule has 0 unspecified atom stereocenters. The van der Waals surface area contributed by atoms with Crippen molar-refractivity contribution >= 4 is 11.6 Å². The van der Waals surface area contributed by atoms with E-state index in [0.717, 1.165) is 31.0 Å². The number of rotatable bonds is 5. The quantitative estimate of drug-likeness (QED) is 0.669. The Hall–Kier alpha value is -1.36. The van der Waals surface area contributed by atoms with E-state index in [9.17, 15) is 0 Å². The highest BCUT2D eigenvalue weighted by molar-refractivity contribution is 5.44. The SMILES string of the molecule is CCNc1cncc(NC2(CO)CC2)n1. The van der Waals surface area contributed by atoms with Gasteiger partial charge in [-0.3, -0.25) is 4.98 Å². The molecule has 1 saturated carbocycles. The van der Waals surface area contributed by atoms with E-state index >= 15 is 0 Å². The molecule has 5 heteroatoms. The summed E-state index contributed by atoms with van der Waals surface area (Å²) in [5.74, 6) is 1.48. The molecule has 1 aliphatic rings. The third kappa shape index (κ3) is 2.36. The molecular formula is C10H16N4O. The van der Waals surface area contributed by atoms with Crippen molar-refractivity contribution in [1.82, 2.24) is 9.97 Å². The number of hydrogen-bond donors (Lipinski definition) is 3. The van der Waals surface area contributed by atoms with Crippen LogP contribution in [0.5, 0.6) is 0 Å². The van der Waals surface area contributed by atoms with Gasteiger partial charge < -0.3 is 15.7 Å². The number of anilines is 2. The van der Waals surface area contributed by atoms with Crippen LogP contribution >= 0.6 is 0 Å². The second kappa shape index (κ2) is 4.02. The number of nitrogens with one attached hydrogen (secondary N) is 2. The van der Waals surface area contributed by atoms with E-state index in [4.69, 9.17) is 5.11 Å². The highest BCUT2D eigenvalue weighted by Crippen LogP contribution is 2.37. The first-order valence-electron chi connectivity index (χ1n) is 5.23. The minimum Gasteiger partial charge on any atom is -0.394 e. The summed E-state index contributed by atoms with van der Waals surface area (Å²) in [5, 5.41) is 15.5. The number of hydrogen-bond acceptors (Lipinski definition) is 5. The van der Waals surface area contributed by atoms with E-state index in [1.807, 2.05) is 6.92 Å². The number of nitrogens with zero attached hydrogens (tertiary/aromatic N) is 2. The van der Waals surface area contributed by atoms with Gasteiger partial charge in [-0.15, -0.1) is 0 Å². The second-order valence-corrected chi connectivity index (χ2v) is 3.88. The molecule has 1 aromatic rings. The molecule has 0 spiro atoms. The van der Waals surface area contributed by atoms with Crippen LogP contribution in [0.2, 0.25) is 0 Å². The Kier molecular flexibility index (Phi) is 2.73. The Labute approximate surface area is 88.9 Å². The van der Waals surface area contributed by atoms with Crippen LogP contribution in [-0.4, -0.2) is 33.8 Å². The van der Waals surface area contributed by atoms with Gasteiger partial charge in [-0.05, 0) is 19.8 Å². The molecule has 1 fully saturated rings. The maximum absolute atomic E-state index is 9.16. The Morgan fingerprint density at radius 2 is 2.13 bits per heavy atom. The fraction of sp³-hybridized carbons (Fsp3) is 0.600. The molecule has 15 heavy (non-hydrogen) atoms. The fourth-order valence-corrected chi connectivity index (χ4v) is 1.44. The minimum absolute atomic E-state index is 0.139. The van der Waals surface area contributed by atoms with Gasteiger partial charge in [-0.2, -0.15) is 0 Å². The van der Waals surface area contributed by atoms with Crippen molar-refractivity contribution in [2.24, 2.45) is 0 Å². The molecule has 2 rings (SSSR count). The molecule has 0 bridgehead atoms. The Morgan fingerprint density at radius 1 is 1.40 bits per heavy atom.